The number of carbonyl (C=O) groups is 2. The van der Waals surface area contributed by atoms with Gasteiger partial charge in [0.05, 0.1) is 13.1 Å². The summed E-state index contributed by atoms with van der Waals surface area (Å²) in [6.07, 6.45) is 3.18. The number of benzene rings is 2. The second-order valence-corrected chi connectivity index (χ2v) is 7.08. The van der Waals surface area contributed by atoms with E-state index in [1.165, 1.54) is 24.9 Å². The van der Waals surface area contributed by atoms with Gasteiger partial charge in [0.2, 0.25) is 0 Å². The minimum absolute atomic E-state index is 0.124. The van der Waals surface area contributed by atoms with Crippen LogP contribution in [0.4, 0.5) is 0 Å². The van der Waals surface area contributed by atoms with Crippen LogP contribution < -0.4 is 9.84 Å². The van der Waals surface area contributed by atoms with Crippen LogP contribution in [0.1, 0.15) is 32.6 Å². The largest absolute Gasteiger partial charge is 0.549 e. The van der Waals surface area contributed by atoms with Gasteiger partial charge in [0.25, 0.3) is 0 Å². The van der Waals surface area contributed by atoms with E-state index in [1.807, 2.05) is 26.0 Å². The molecule has 0 spiro atoms. The average molecular weight is 385 g/mol. The van der Waals surface area contributed by atoms with Gasteiger partial charge in [-0.25, -0.2) is 0 Å². The van der Waals surface area contributed by atoms with Gasteiger partial charge in [0.15, 0.2) is 5.78 Å². The van der Waals surface area contributed by atoms with Crippen LogP contribution in [0.15, 0.2) is 36.4 Å². The molecule has 0 unspecified atom stereocenters. The molecule has 2 aromatic rings. The van der Waals surface area contributed by atoms with Crippen LogP contribution in [0, 0.1) is 13.8 Å². The zero-order valence-corrected chi connectivity index (χ0v) is 16.3. The molecule has 0 bridgehead atoms. The fourth-order valence-corrected chi connectivity index (χ4v) is 3.36. The number of aromatic hydroxyl groups is 1. The predicted octanol–water partition coefficient (Wildman–Crippen LogP) is 2.90. The van der Waals surface area contributed by atoms with Crippen molar-refractivity contribution in [3.05, 3.63) is 64.2 Å². The molecule has 0 atom stereocenters. The van der Waals surface area contributed by atoms with Crippen LogP contribution >= 0.6 is 11.8 Å². The second kappa shape index (κ2) is 9.28. The first-order valence-electron chi connectivity index (χ1n) is 8.29. The molecule has 5 nitrogen and oxygen atoms in total. The van der Waals surface area contributed by atoms with E-state index in [1.54, 1.807) is 24.3 Å². The van der Waals surface area contributed by atoms with Gasteiger partial charge in [-0.15, -0.1) is 0 Å². The summed E-state index contributed by atoms with van der Waals surface area (Å²) in [6.45, 7) is 3.61. The van der Waals surface area contributed by atoms with Crippen molar-refractivity contribution in [2.75, 3.05) is 12.9 Å². The van der Waals surface area contributed by atoms with Gasteiger partial charge in [-0.3, -0.25) is 4.79 Å². The first kappa shape index (κ1) is 20.6. The number of phenols is 1. The highest BCUT2D eigenvalue weighted by Crippen LogP contribution is 2.26. The Morgan fingerprint density at radius 1 is 1.19 bits per heavy atom. The molecule has 0 saturated carbocycles. The molecule has 0 aliphatic heterocycles. The molecular weight excluding hydrogens is 364 g/mol. The monoisotopic (exact) mass is 385 g/mol. The van der Waals surface area contributed by atoms with E-state index in [9.17, 15) is 19.8 Å². The number of hydrogen-bond donors (Lipinski definition) is 1. The zero-order valence-electron chi connectivity index (χ0n) is 15.4. The predicted molar refractivity (Wildman–Crippen MR) is 105 cm³/mol. The Labute approximate surface area is 162 Å². The lowest BCUT2D eigenvalue weighted by Crippen LogP contribution is -2.24. The van der Waals surface area contributed by atoms with E-state index >= 15 is 0 Å². The highest BCUT2D eigenvalue weighted by atomic mass is 32.2. The van der Waals surface area contributed by atoms with Crippen molar-refractivity contribution in [2.45, 2.75) is 19.6 Å². The number of carboxylic acid groups (broad SMARTS) is 1. The minimum Gasteiger partial charge on any atom is -0.549 e. The fraction of sp³-hybridized carbons (Fsp3) is 0.238. The van der Waals surface area contributed by atoms with Crippen LogP contribution in [-0.2, 0) is 10.5 Å². The summed E-state index contributed by atoms with van der Waals surface area (Å²) in [6, 6.07) is 8.70. The third-order valence-electron chi connectivity index (χ3n) is 3.98. The summed E-state index contributed by atoms with van der Waals surface area (Å²) in [4.78, 5) is 23.1. The van der Waals surface area contributed by atoms with Gasteiger partial charge < -0.3 is 19.7 Å². The number of ether oxygens (including phenoxy) is 1. The maximum absolute atomic E-state index is 12.5. The van der Waals surface area contributed by atoms with Crippen LogP contribution in [0.3, 0.4) is 0 Å². The molecule has 0 aliphatic rings. The third-order valence-corrected chi connectivity index (χ3v) is 4.94. The van der Waals surface area contributed by atoms with Crippen LogP contribution in [0.5, 0.6) is 11.5 Å². The number of carboxylic acids is 1. The summed E-state index contributed by atoms with van der Waals surface area (Å²) < 4.78 is 5.28. The summed E-state index contributed by atoms with van der Waals surface area (Å²) in [5.41, 5.74) is 3.56. The lowest BCUT2D eigenvalue weighted by molar-refractivity contribution is -0.301. The van der Waals surface area contributed by atoms with Crippen LogP contribution in [-0.4, -0.2) is 29.7 Å². The Kier molecular flexibility index (Phi) is 7.07. The molecule has 0 saturated heterocycles. The van der Waals surface area contributed by atoms with Gasteiger partial charge in [0, 0.05) is 22.6 Å². The number of ketones is 1. The molecule has 0 aliphatic carbocycles. The van der Waals surface area contributed by atoms with Crippen molar-refractivity contribution in [2.24, 2.45) is 0 Å². The van der Waals surface area contributed by atoms with Crippen molar-refractivity contribution in [1.29, 1.82) is 0 Å². The number of aryl methyl sites for hydroxylation is 2. The van der Waals surface area contributed by atoms with Gasteiger partial charge in [-0.2, -0.15) is 11.8 Å². The lowest BCUT2D eigenvalue weighted by Gasteiger charge is -2.10. The first-order valence-corrected chi connectivity index (χ1v) is 9.44. The van der Waals surface area contributed by atoms with Gasteiger partial charge in [-0.05, 0) is 66.9 Å². The number of thioether (sulfide) groups is 1. The zero-order chi connectivity index (χ0) is 20.0. The van der Waals surface area contributed by atoms with E-state index in [-0.39, 0.29) is 17.3 Å². The molecule has 142 valence electrons. The molecule has 2 rings (SSSR count). The molecular formula is C21H21O5S-. The molecule has 2 aromatic carbocycles. The van der Waals surface area contributed by atoms with Crippen molar-refractivity contribution >= 4 is 29.6 Å². The molecule has 27 heavy (non-hydrogen) atoms. The fourth-order valence-electron chi connectivity index (χ4n) is 2.64. The molecule has 6 heteroatoms. The van der Waals surface area contributed by atoms with E-state index in [0.29, 0.717) is 17.1 Å². The number of rotatable bonds is 8. The maximum atomic E-state index is 12.5. The summed E-state index contributed by atoms with van der Waals surface area (Å²) in [7, 11) is 1.53. The number of carbonyl (C=O) groups excluding carboxylic acids is 2. The molecule has 0 amide bonds. The van der Waals surface area contributed by atoms with Crippen molar-refractivity contribution in [3.63, 3.8) is 0 Å². The van der Waals surface area contributed by atoms with Crippen LogP contribution in [0.2, 0.25) is 0 Å². The van der Waals surface area contributed by atoms with E-state index in [2.05, 4.69) is 0 Å². The molecule has 0 heterocycles. The Hall–Kier alpha value is -2.73. The number of hydrogen-bond acceptors (Lipinski definition) is 6. The van der Waals surface area contributed by atoms with Crippen LogP contribution in [0.25, 0.3) is 6.08 Å². The number of allylic oxidation sites excluding steroid dienone is 1. The summed E-state index contributed by atoms with van der Waals surface area (Å²) >= 11 is 1.18. The highest BCUT2D eigenvalue weighted by Gasteiger charge is 2.09. The molecule has 1 N–H and O–H groups in total. The normalized spacial score (nSPS) is 10.9. The van der Waals surface area contributed by atoms with Gasteiger partial charge >= 0.3 is 0 Å². The average Bonchev–Trinajstić information content (AvgIpc) is 2.63. The lowest BCUT2D eigenvalue weighted by atomic mass is 10.0. The summed E-state index contributed by atoms with van der Waals surface area (Å²) in [5.74, 6) is -0.168. The van der Waals surface area contributed by atoms with Gasteiger partial charge in [0.1, 0.15) is 11.5 Å². The number of aliphatic carboxylic acids is 1. The first-order chi connectivity index (χ1) is 12.8. The molecule has 0 aromatic heterocycles. The number of methoxy groups -OCH3 is 1. The Morgan fingerprint density at radius 3 is 2.44 bits per heavy atom. The molecule has 0 radical (unpaired) electrons. The molecule has 0 fully saturated rings. The van der Waals surface area contributed by atoms with Crippen molar-refractivity contribution in [1.82, 2.24) is 0 Å². The SMILES string of the molecule is COc1ccc(C(=O)/C=C/c2cc(C)c(O)c(C)c2)cc1CSCC(=O)[O-]. The quantitative estimate of drug-likeness (QED) is 0.555. The van der Waals surface area contributed by atoms with Crippen molar-refractivity contribution < 1.29 is 24.5 Å². The van der Waals surface area contributed by atoms with Gasteiger partial charge in [-0.1, -0.05) is 6.08 Å². The smallest absolute Gasteiger partial charge is 0.185 e. The van der Waals surface area contributed by atoms with E-state index < -0.39 is 5.97 Å². The highest BCUT2D eigenvalue weighted by molar-refractivity contribution is 7.99. The maximum Gasteiger partial charge on any atom is 0.185 e. The Balaban J connectivity index is 2.19. The topological polar surface area (TPSA) is 86.7 Å². The Bertz CT molecular complexity index is 863. The number of phenolic OH excluding ortho intramolecular Hbond substituents is 1. The second-order valence-electron chi connectivity index (χ2n) is 6.09. The third kappa shape index (κ3) is 5.62. The summed E-state index contributed by atoms with van der Waals surface area (Å²) in [5, 5.41) is 20.4. The van der Waals surface area contributed by atoms with Crippen molar-refractivity contribution in [3.8, 4) is 11.5 Å². The standard InChI is InChI=1S/C21H22O5S/c1-13-8-15(9-14(2)21(13)25)4-6-18(22)16-5-7-19(26-3)17(10-16)11-27-12-20(23)24/h4-10,25H,11-12H2,1-3H3,(H,23,24)/p-1/b6-4+. The minimum atomic E-state index is -1.13. The Morgan fingerprint density at radius 2 is 1.85 bits per heavy atom. The van der Waals surface area contributed by atoms with E-state index in [4.69, 9.17) is 4.74 Å². The van der Waals surface area contributed by atoms with E-state index in [0.717, 1.165) is 22.3 Å².